The van der Waals surface area contributed by atoms with Crippen LogP contribution in [0.2, 0.25) is 0 Å². The highest BCUT2D eigenvalue weighted by molar-refractivity contribution is 7.89. The Morgan fingerprint density at radius 3 is 2.57 bits per heavy atom. The van der Waals surface area contributed by atoms with E-state index in [1.54, 1.807) is 0 Å². The second kappa shape index (κ2) is 7.85. The summed E-state index contributed by atoms with van der Waals surface area (Å²) >= 11 is 0. The fourth-order valence-electron chi connectivity index (χ4n) is 2.57. The smallest absolute Gasteiger partial charge is 0.230 e. The number of sulfone groups is 1. The first-order valence-electron chi connectivity index (χ1n) is 8.01. The Balaban J connectivity index is 1.92. The van der Waals surface area contributed by atoms with E-state index in [-0.39, 0.29) is 29.0 Å². The van der Waals surface area contributed by atoms with Gasteiger partial charge in [-0.25, -0.2) is 27.2 Å². The Morgan fingerprint density at radius 1 is 1.07 bits per heavy atom. The molecule has 7 nitrogen and oxygen atoms in total. The predicted octanol–water partition coefficient (Wildman–Crippen LogP) is 3.11. The summed E-state index contributed by atoms with van der Waals surface area (Å²) in [5, 5.41) is 2.82. The van der Waals surface area contributed by atoms with Gasteiger partial charge in [-0.05, 0) is 35.9 Å². The Bertz CT molecular complexity index is 1120. The molecule has 3 rings (SSSR count). The van der Waals surface area contributed by atoms with Gasteiger partial charge in [0.1, 0.15) is 23.7 Å². The number of methoxy groups -OCH3 is 1. The first-order chi connectivity index (χ1) is 13.2. The van der Waals surface area contributed by atoms with Gasteiger partial charge < -0.3 is 10.1 Å². The van der Waals surface area contributed by atoms with Crippen molar-refractivity contribution in [3.05, 3.63) is 59.9 Å². The van der Waals surface area contributed by atoms with Crippen molar-refractivity contribution in [3.63, 3.8) is 0 Å². The van der Waals surface area contributed by atoms with E-state index in [1.807, 2.05) is 0 Å². The average molecular weight is 406 g/mol. The molecule has 146 valence electrons. The molecular weight excluding hydrogens is 390 g/mol. The topological polar surface area (TPSA) is 94.1 Å². The van der Waals surface area contributed by atoms with Crippen LogP contribution < -0.4 is 10.1 Å². The van der Waals surface area contributed by atoms with Crippen LogP contribution in [-0.4, -0.2) is 36.7 Å². The van der Waals surface area contributed by atoms with Crippen molar-refractivity contribution >= 4 is 21.5 Å². The van der Waals surface area contributed by atoms with Crippen molar-refractivity contribution in [2.75, 3.05) is 18.7 Å². The van der Waals surface area contributed by atoms with Crippen molar-refractivity contribution in [2.45, 2.75) is 5.75 Å². The number of aromatic nitrogens is 3. The fourth-order valence-corrected chi connectivity index (χ4v) is 3.35. The summed E-state index contributed by atoms with van der Waals surface area (Å²) in [6.07, 6.45) is 2.31. The molecule has 0 amide bonds. The molecule has 0 aliphatic heterocycles. The molecule has 2 aromatic carbocycles. The van der Waals surface area contributed by atoms with Crippen LogP contribution in [-0.2, 0) is 15.6 Å². The lowest BCUT2D eigenvalue weighted by molar-refractivity contribution is 0.412. The minimum atomic E-state index is -3.32. The van der Waals surface area contributed by atoms with Gasteiger partial charge >= 0.3 is 0 Å². The Hall–Kier alpha value is -3.14. The summed E-state index contributed by atoms with van der Waals surface area (Å²) < 4.78 is 55.3. The number of anilines is 2. The Kier molecular flexibility index (Phi) is 5.50. The predicted molar refractivity (Wildman–Crippen MR) is 100 cm³/mol. The van der Waals surface area contributed by atoms with Crippen LogP contribution in [0.15, 0.2) is 42.7 Å². The lowest BCUT2D eigenvalue weighted by Gasteiger charge is -2.10. The second-order valence-corrected chi connectivity index (χ2v) is 8.16. The molecule has 3 aromatic rings. The molecule has 0 aliphatic rings. The van der Waals surface area contributed by atoms with Crippen LogP contribution >= 0.6 is 0 Å². The molecule has 0 unspecified atom stereocenters. The van der Waals surface area contributed by atoms with Crippen molar-refractivity contribution in [1.29, 1.82) is 0 Å². The summed E-state index contributed by atoms with van der Waals surface area (Å²) in [7, 11) is -1.92. The van der Waals surface area contributed by atoms with Crippen LogP contribution in [0.5, 0.6) is 5.75 Å². The fraction of sp³-hybridized carbons (Fsp3) is 0.167. The van der Waals surface area contributed by atoms with Gasteiger partial charge in [0.15, 0.2) is 15.7 Å². The molecular formula is C18H16F2N4O3S. The normalized spacial score (nSPS) is 11.3. The highest BCUT2D eigenvalue weighted by atomic mass is 32.2. The van der Waals surface area contributed by atoms with Gasteiger partial charge in [-0.1, -0.05) is 0 Å². The monoisotopic (exact) mass is 406 g/mol. The highest BCUT2D eigenvalue weighted by Crippen LogP contribution is 2.28. The number of hydrogen-bond acceptors (Lipinski definition) is 7. The van der Waals surface area contributed by atoms with Gasteiger partial charge in [0.25, 0.3) is 0 Å². The van der Waals surface area contributed by atoms with Gasteiger partial charge in [-0.3, -0.25) is 0 Å². The zero-order valence-electron chi connectivity index (χ0n) is 15.0. The molecule has 28 heavy (non-hydrogen) atoms. The van der Waals surface area contributed by atoms with E-state index in [9.17, 15) is 17.2 Å². The summed E-state index contributed by atoms with van der Waals surface area (Å²) in [6.45, 7) is 0. The van der Waals surface area contributed by atoms with E-state index in [0.29, 0.717) is 11.1 Å². The molecule has 0 fully saturated rings. The molecule has 1 aromatic heterocycles. The zero-order valence-corrected chi connectivity index (χ0v) is 15.8. The maximum Gasteiger partial charge on any atom is 0.230 e. The van der Waals surface area contributed by atoms with Crippen LogP contribution in [0.25, 0.3) is 11.4 Å². The third kappa shape index (κ3) is 4.97. The Labute approximate surface area is 160 Å². The molecule has 0 spiro atoms. The second-order valence-electron chi connectivity index (χ2n) is 6.02. The molecule has 0 saturated heterocycles. The first kappa shape index (κ1) is 19.6. The number of halogens is 2. The molecule has 0 aliphatic carbocycles. The van der Waals surface area contributed by atoms with Crippen LogP contribution in [0.4, 0.5) is 20.4 Å². The maximum absolute atomic E-state index is 13.8. The van der Waals surface area contributed by atoms with E-state index < -0.39 is 21.5 Å². The number of rotatable bonds is 6. The van der Waals surface area contributed by atoms with Gasteiger partial charge in [0, 0.05) is 18.0 Å². The summed E-state index contributed by atoms with van der Waals surface area (Å²) in [4.78, 5) is 12.3. The van der Waals surface area contributed by atoms with E-state index in [1.165, 1.54) is 43.8 Å². The highest BCUT2D eigenvalue weighted by Gasteiger charge is 2.12. The largest absolute Gasteiger partial charge is 0.496 e. The third-order valence-electron chi connectivity index (χ3n) is 3.62. The van der Waals surface area contributed by atoms with E-state index in [4.69, 9.17) is 4.74 Å². The van der Waals surface area contributed by atoms with Gasteiger partial charge in [-0.2, -0.15) is 4.98 Å². The standard InChI is InChI=1S/C18H16F2N4O3S/c1-27-16-8-12(19)3-4-15(16)17-21-10-22-18(24-17)23-14-6-11(5-13(20)7-14)9-28(2,25)26/h3-8,10H,9H2,1-2H3,(H,21,22,23,24). The Morgan fingerprint density at radius 2 is 1.86 bits per heavy atom. The van der Waals surface area contributed by atoms with Crippen LogP contribution in [0.1, 0.15) is 5.56 Å². The van der Waals surface area contributed by atoms with Gasteiger partial charge in [0.05, 0.1) is 18.4 Å². The number of nitrogens with one attached hydrogen (secondary N) is 1. The lowest BCUT2D eigenvalue weighted by atomic mass is 10.2. The van der Waals surface area contributed by atoms with Gasteiger partial charge in [0.2, 0.25) is 5.95 Å². The van der Waals surface area contributed by atoms with Crippen molar-refractivity contribution in [1.82, 2.24) is 15.0 Å². The van der Waals surface area contributed by atoms with Crippen molar-refractivity contribution in [3.8, 4) is 17.1 Å². The number of hydrogen-bond donors (Lipinski definition) is 1. The lowest BCUT2D eigenvalue weighted by Crippen LogP contribution is -2.04. The molecule has 0 saturated carbocycles. The molecule has 0 bridgehead atoms. The summed E-state index contributed by atoms with van der Waals surface area (Å²) in [5.41, 5.74) is 1.02. The minimum Gasteiger partial charge on any atom is -0.496 e. The minimum absolute atomic E-state index is 0.104. The van der Waals surface area contributed by atoms with Crippen molar-refractivity contribution in [2.24, 2.45) is 0 Å². The number of ether oxygens (including phenoxy) is 1. The van der Waals surface area contributed by atoms with E-state index >= 15 is 0 Å². The van der Waals surface area contributed by atoms with Crippen LogP contribution in [0, 0.1) is 11.6 Å². The summed E-state index contributed by atoms with van der Waals surface area (Å²) in [5.74, 6) is -0.786. The SMILES string of the molecule is COc1cc(F)ccc1-c1ncnc(Nc2cc(F)cc(CS(C)(=O)=O)c2)n1. The molecule has 10 heteroatoms. The maximum atomic E-state index is 13.8. The molecule has 1 N–H and O–H groups in total. The number of nitrogens with zero attached hydrogens (tertiary/aromatic N) is 3. The van der Waals surface area contributed by atoms with E-state index in [0.717, 1.165) is 12.3 Å². The van der Waals surface area contributed by atoms with Gasteiger partial charge in [-0.15, -0.1) is 0 Å². The summed E-state index contributed by atoms with van der Waals surface area (Å²) in [6, 6.07) is 7.75. The molecule has 1 heterocycles. The van der Waals surface area contributed by atoms with Crippen LogP contribution in [0.3, 0.4) is 0 Å². The quantitative estimate of drug-likeness (QED) is 0.672. The third-order valence-corrected chi connectivity index (χ3v) is 4.48. The first-order valence-corrected chi connectivity index (χ1v) is 10.1. The van der Waals surface area contributed by atoms with E-state index in [2.05, 4.69) is 20.3 Å². The molecule has 0 atom stereocenters. The molecule has 0 radical (unpaired) electrons. The average Bonchev–Trinajstić information content (AvgIpc) is 2.59. The van der Waals surface area contributed by atoms with Crippen molar-refractivity contribution < 1.29 is 21.9 Å². The number of benzene rings is 2. The zero-order chi connectivity index (χ0) is 20.3.